The van der Waals surface area contributed by atoms with Crippen molar-refractivity contribution in [1.29, 1.82) is 0 Å². The number of carbonyl (C=O) groups excluding carboxylic acids is 1. The molecule has 0 aliphatic heterocycles. The van der Waals surface area contributed by atoms with E-state index < -0.39 is 20.0 Å². The Morgan fingerprint density at radius 3 is 1.01 bits per heavy atom. The molecule has 0 spiro atoms. The Morgan fingerprint density at radius 1 is 0.418 bits per heavy atom. The molecule has 0 saturated heterocycles. The molecule has 1 amide bonds. The Bertz CT molecular complexity index is 1340. The van der Waals surface area contributed by atoms with Crippen molar-refractivity contribution in [3.05, 3.63) is 24.3 Å². The van der Waals surface area contributed by atoms with Crippen LogP contribution in [0.3, 0.4) is 0 Å². The minimum Gasteiger partial charge on any atom is -0.387 e. The molecule has 0 radical (unpaired) electrons. The van der Waals surface area contributed by atoms with Crippen molar-refractivity contribution in [2.75, 3.05) is 40.9 Å². The van der Waals surface area contributed by atoms with Crippen LogP contribution in [-0.2, 0) is 18.4 Å². The molecule has 8 nitrogen and oxygen atoms in total. The van der Waals surface area contributed by atoms with E-state index in [9.17, 15) is 19.4 Å². The lowest BCUT2D eigenvalue weighted by molar-refractivity contribution is -0.870. The van der Waals surface area contributed by atoms with Crippen LogP contribution in [0.5, 0.6) is 0 Å². The molecule has 0 aromatic heterocycles. The zero-order valence-corrected chi connectivity index (χ0v) is 54.8. The third-order valence-corrected chi connectivity index (χ3v) is 17.4. The van der Waals surface area contributed by atoms with Crippen LogP contribution in [-0.4, -0.2) is 73.4 Å². The van der Waals surface area contributed by atoms with Gasteiger partial charge in [-0.1, -0.05) is 353 Å². The van der Waals surface area contributed by atoms with Crippen LogP contribution in [0.4, 0.5) is 0 Å². The number of nitrogens with zero attached hydrogens (tertiary/aromatic N) is 1. The molecule has 79 heavy (non-hydrogen) atoms. The first-order chi connectivity index (χ1) is 38.5. The first kappa shape index (κ1) is 78.0. The molecule has 470 valence electrons. The molecule has 9 heteroatoms. The van der Waals surface area contributed by atoms with Crippen molar-refractivity contribution in [2.45, 2.75) is 379 Å². The quantitative estimate of drug-likeness (QED) is 0.0243. The highest BCUT2D eigenvalue weighted by Gasteiger charge is 2.28. The summed E-state index contributed by atoms with van der Waals surface area (Å²) in [5, 5.41) is 14.0. The number of aliphatic hydroxyl groups excluding tert-OH is 1. The van der Waals surface area contributed by atoms with E-state index in [4.69, 9.17) is 9.05 Å². The largest absolute Gasteiger partial charge is 0.472 e. The molecule has 3 N–H and O–H groups in total. The van der Waals surface area contributed by atoms with E-state index in [1.807, 2.05) is 27.2 Å². The molecule has 0 fully saturated rings. The van der Waals surface area contributed by atoms with Crippen molar-refractivity contribution < 1.29 is 32.9 Å². The fourth-order valence-corrected chi connectivity index (χ4v) is 11.7. The summed E-state index contributed by atoms with van der Waals surface area (Å²) < 4.78 is 23.8. The van der Waals surface area contributed by atoms with Crippen LogP contribution in [0, 0.1) is 0 Å². The fourth-order valence-electron chi connectivity index (χ4n) is 10.9. The van der Waals surface area contributed by atoms with Crippen molar-refractivity contribution in [2.24, 2.45) is 0 Å². The van der Waals surface area contributed by atoms with Gasteiger partial charge >= 0.3 is 7.82 Å². The average molecular weight is 1140 g/mol. The van der Waals surface area contributed by atoms with Crippen LogP contribution in [0.2, 0.25) is 0 Å². The summed E-state index contributed by atoms with van der Waals surface area (Å²) in [6.45, 7) is 4.86. The molecule has 0 aromatic carbocycles. The Hall–Kier alpha value is -1.02. The van der Waals surface area contributed by atoms with Gasteiger partial charge in [-0.2, -0.15) is 0 Å². The number of carbonyl (C=O) groups is 1. The third kappa shape index (κ3) is 64.4. The number of amides is 1. The summed E-state index contributed by atoms with van der Waals surface area (Å²) in [6, 6.07) is -0.862. The zero-order chi connectivity index (χ0) is 57.7. The van der Waals surface area contributed by atoms with Gasteiger partial charge in [0.2, 0.25) is 5.91 Å². The van der Waals surface area contributed by atoms with Gasteiger partial charge in [0.15, 0.2) is 0 Å². The number of allylic oxidation sites excluding steroid dienone is 3. The second-order valence-electron chi connectivity index (χ2n) is 25.6. The minimum atomic E-state index is -4.36. The Labute approximate surface area is 494 Å². The number of unbranched alkanes of at least 4 members (excludes halogenated alkanes) is 51. The molecular formula is C70H140N2O6P+. The van der Waals surface area contributed by atoms with Crippen molar-refractivity contribution in [3.8, 4) is 0 Å². The third-order valence-electron chi connectivity index (χ3n) is 16.4. The van der Waals surface area contributed by atoms with Gasteiger partial charge in [-0.15, -0.1) is 0 Å². The summed E-state index contributed by atoms with van der Waals surface area (Å²) in [6.07, 6.45) is 80.5. The normalized spacial score (nSPS) is 13.8. The summed E-state index contributed by atoms with van der Waals surface area (Å²) in [7, 11) is 1.57. The molecule has 0 aliphatic carbocycles. The van der Waals surface area contributed by atoms with E-state index in [-0.39, 0.29) is 19.1 Å². The maximum absolute atomic E-state index is 13.0. The fraction of sp³-hybridized carbons (Fsp3) is 0.929. The number of quaternary nitrogens is 1. The first-order valence-corrected chi connectivity index (χ1v) is 36.7. The minimum absolute atomic E-state index is 0.0591. The van der Waals surface area contributed by atoms with Gasteiger partial charge in [0.1, 0.15) is 13.2 Å². The number of likely N-dealkylation sites (N-methyl/N-ethyl adjacent to an activating group) is 1. The number of hydrogen-bond acceptors (Lipinski definition) is 5. The second kappa shape index (κ2) is 61.5. The monoisotopic (exact) mass is 1140 g/mol. The molecular weight excluding hydrogens is 996 g/mol. The molecule has 3 atom stereocenters. The molecule has 0 saturated carbocycles. The number of nitrogens with one attached hydrogen (secondary N) is 1. The molecule has 0 bridgehead atoms. The highest BCUT2D eigenvalue weighted by molar-refractivity contribution is 7.47. The van der Waals surface area contributed by atoms with Gasteiger partial charge in [-0.25, -0.2) is 4.57 Å². The molecule has 0 aromatic rings. The predicted octanol–water partition coefficient (Wildman–Crippen LogP) is 22.3. The van der Waals surface area contributed by atoms with Gasteiger partial charge in [0.25, 0.3) is 0 Å². The van der Waals surface area contributed by atoms with E-state index in [2.05, 4.69) is 31.3 Å². The number of rotatable bonds is 66. The van der Waals surface area contributed by atoms with Gasteiger partial charge in [0, 0.05) is 6.42 Å². The number of phosphoric ester groups is 1. The summed E-state index contributed by atoms with van der Waals surface area (Å²) in [4.78, 5) is 23.4. The van der Waals surface area contributed by atoms with Crippen molar-refractivity contribution >= 4 is 13.7 Å². The average Bonchev–Trinajstić information content (AvgIpc) is 3.42. The summed E-state index contributed by atoms with van der Waals surface area (Å²) >= 11 is 0. The Morgan fingerprint density at radius 2 is 0.696 bits per heavy atom. The van der Waals surface area contributed by atoms with Crippen molar-refractivity contribution in [3.63, 3.8) is 0 Å². The van der Waals surface area contributed by atoms with E-state index in [1.54, 1.807) is 6.08 Å². The standard InChI is InChI=1S/C70H139N2O6P/c1-6-8-10-12-14-16-18-20-22-24-26-28-30-32-33-34-35-36-37-38-40-41-43-45-47-49-51-53-55-57-59-61-63-69(73)68(67-78-79(75,76)77-66-65-72(3,4)5)71-70(74)64-62-60-58-56-54-52-50-48-46-44-42-39-31-29-27-25-23-21-19-17-15-13-11-9-7-2/h53,55,61,63,68-69,73H,6-52,54,56-60,62,64-67H2,1-5H3,(H-,71,74,75,76)/p+1/b55-53+,63-61+. The highest BCUT2D eigenvalue weighted by atomic mass is 31.2. The molecule has 0 aliphatic rings. The van der Waals surface area contributed by atoms with Crippen LogP contribution < -0.4 is 5.32 Å². The van der Waals surface area contributed by atoms with E-state index in [1.165, 1.54) is 308 Å². The zero-order valence-electron chi connectivity index (χ0n) is 53.9. The summed E-state index contributed by atoms with van der Waals surface area (Å²) in [5.41, 5.74) is 0. The van der Waals surface area contributed by atoms with Crippen LogP contribution in [0.25, 0.3) is 0 Å². The van der Waals surface area contributed by atoms with Crippen molar-refractivity contribution in [1.82, 2.24) is 5.32 Å². The smallest absolute Gasteiger partial charge is 0.387 e. The SMILES string of the molecule is CCCCCCCCCCCCCCCCCCCCCCCCCCCC/C=C/CC/C=C/C(O)C(COP(=O)(O)OCC[N+](C)(C)C)NC(=O)CCCCCCCCCCCCCCCCCCCCCCCCCCC. The topological polar surface area (TPSA) is 105 Å². The van der Waals surface area contributed by atoms with Crippen LogP contribution in [0.1, 0.15) is 367 Å². The lowest BCUT2D eigenvalue weighted by Gasteiger charge is -2.25. The van der Waals surface area contributed by atoms with Gasteiger partial charge in [-0.3, -0.25) is 13.8 Å². The number of hydrogen-bond donors (Lipinski definition) is 3. The molecule has 0 rings (SSSR count). The highest BCUT2D eigenvalue weighted by Crippen LogP contribution is 2.43. The Kier molecular flexibility index (Phi) is 60.7. The van der Waals surface area contributed by atoms with Gasteiger partial charge in [-0.05, 0) is 32.1 Å². The lowest BCUT2D eigenvalue weighted by atomic mass is 10.0. The Balaban J connectivity index is 4.06. The maximum Gasteiger partial charge on any atom is 0.472 e. The van der Waals surface area contributed by atoms with Gasteiger partial charge in [0.05, 0.1) is 39.9 Å². The van der Waals surface area contributed by atoms with Gasteiger partial charge < -0.3 is 19.8 Å². The molecule has 0 heterocycles. The summed E-state index contributed by atoms with van der Waals surface area (Å²) in [5.74, 6) is -0.178. The van der Waals surface area contributed by atoms with Crippen LogP contribution in [0.15, 0.2) is 24.3 Å². The van der Waals surface area contributed by atoms with E-state index in [0.717, 1.165) is 38.5 Å². The lowest BCUT2D eigenvalue weighted by Crippen LogP contribution is -2.45. The van der Waals surface area contributed by atoms with E-state index >= 15 is 0 Å². The number of phosphoric acid groups is 1. The van der Waals surface area contributed by atoms with E-state index in [0.29, 0.717) is 17.4 Å². The maximum atomic E-state index is 13.0. The second-order valence-corrected chi connectivity index (χ2v) is 27.1. The predicted molar refractivity (Wildman–Crippen MR) is 346 cm³/mol. The number of aliphatic hydroxyl groups is 1. The van der Waals surface area contributed by atoms with Crippen LogP contribution >= 0.6 is 7.82 Å². The first-order valence-electron chi connectivity index (χ1n) is 35.2. The molecule has 3 unspecified atom stereocenters.